The van der Waals surface area contributed by atoms with Crippen LogP contribution in [0, 0.1) is 6.92 Å². The highest BCUT2D eigenvalue weighted by molar-refractivity contribution is 7.12. The van der Waals surface area contributed by atoms with E-state index in [2.05, 4.69) is 36.4 Å². The quantitative estimate of drug-likeness (QED) is 0.546. The lowest BCUT2D eigenvalue weighted by atomic mass is 10.1. The number of nitrogens with zero attached hydrogens (tertiary/aromatic N) is 2. The largest absolute Gasteiger partial charge is 0.272 e. The molecule has 0 aliphatic rings. The van der Waals surface area contributed by atoms with Crippen molar-refractivity contribution in [2.45, 2.75) is 20.8 Å². The lowest BCUT2D eigenvalue weighted by molar-refractivity contribution is 1.26. The monoisotopic (exact) mass is 260 g/mol. The van der Waals surface area contributed by atoms with Gasteiger partial charge < -0.3 is 0 Å². The molecule has 0 aliphatic carbocycles. The first-order valence-electron chi connectivity index (χ1n) is 5.71. The van der Waals surface area contributed by atoms with E-state index in [9.17, 15) is 0 Å². The third-order valence-corrected chi connectivity index (χ3v) is 2.97. The van der Waals surface area contributed by atoms with Crippen molar-refractivity contribution in [2.24, 2.45) is 4.99 Å². The number of hydrogen-bond donors (Lipinski definition) is 0. The van der Waals surface area contributed by atoms with Gasteiger partial charge in [-0.05, 0) is 31.4 Å². The zero-order valence-corrected chi connectivity index (χ0v) is 12.2. The summed E-state index contributed by atoms with van der Waals surface area (Å²) in [5.74, 6) is 0. The molecule has 18 heavy (non-hydrogen) atoms. The highest BCUT2D eigenvalue weighted by Crippen LogP contribution is 2.28. The fourth-order valence-corrected chi connectivity index (χ4v) is 2.00. The van der Waals surface area contributed by atoms with Gasteiger partial charge in [0, 0.05) is 11.8 Å². The number of aliphatic imine (C=N–C) groups is 1. The van der Waals surface area contributed by atoms with E-state index in [1.807, 2.05) is 20.8 Å². The predicted octanol–water partition coefficient (Wildman–Crippen LogP) is 4.90. The lowest BCUT2D eigenvalue weighted by Crippen LogP contribution is -1.87. The average molecular weight is 260 g/mol. The van der Waals surface area contributed by atoms with Crippen LogP contribution in [-0.4, -0.2) is 11.7 Å². The molecule has 0 atom stereocenters. The third kappa shape index (κ3) is 4.26. The second-order valence-corrected chi connectivity index (χ2v) is 4.39. The van der Waals surface area contributed by atoms with Crippen molar-refractivity contribution in [3.05, 3.63) is 53.2 Å². The molecule has 0 N–H and O–H groups in total. The SMILES string of the molecule is C=Cc1sc(C)nc1C(=C)C(=C)/C=C\N=C.CC. The minimum absolute atomic E-state index is 0.779. The van der Waals surface area contributed by atoms with Crippen LogP contribution in [0.1, 0.15) is 29.4 Å². The Hall–Kier alpha value is -1.74. The van der Waals surface area contributed by atoms with Gasteiger partial charge in [0.05, 0.1) is 15.6 Å². The zero-order valence-electron chi connectivity index (χ0n) is 11.4. The minimum Gasteiger partial charge on any atom is -0.272 e. The van der Waals surface area contributed by atoms with Crippen LogP contribution in [0.5, 0.6) is 0 Å². The van der Waals surface area contributed by atoms with E-state index in [0.717, 1.165) is 26.7 Å². The van der Waals surface area contributed by atoms with E-state index in [1.165, 1.54) is 0 Å². The Morgan fingerprint density at radius 2 is 1.94 bits per heavy atom. The molecule has 0 bridgehead atoms. The molecule has 1 aromatic heterocycles. The molecule has 0 radical (unpaired) electrons. The molecule has 0 saturated heterocycles. The van der Waals surface area contributed by atoms with Crippen LogP contribution in [0.15, 0.2) is 42.6 Å². The van der Waals surface area contributed by atoms with Gasteiger partial charge >= 0.3 is 0 Å². The summed E-state index contributed by atoms with van der Waals surface area (Å²) in [5.41, 5.74) is 2.41. The Morgan fingerprint density at radius 3 is 2.44 bits per heavy atom. The van der Waals surface area contributed by atoms with Crippen LogP contribution >= 0.6 is 11.3 Å². The summed E-state index contributed by atoms with van der Waals surface area (Å²) in [5, 5.41) is 0.990. The molecule has 96 valence electrons. The van der Waals surface area contributed by atoms with Crippen molar-refractivity contribution in [1.29, 1.82) is 0 Å². The van der Waals surface area contributed by atoms with Gasteiger partial charge in [-0.25, -0.2) is 4.98 Å². The minimum atomic E-state index is 0.779. The molecule has 0 aliphatic heterocycles. The molecule has 0 fully saturated rings. The first kappa shape index (κ1) is 16.3. The summed E-state index contributed by atoms with van der Waals surface area (Å²) >= 11 is 1.59. The Labute approximate surface area is 114 Å². The highest BCUT2D eigenvalue weighted by Gasteiger charge is 2.10. The highest BCUT2D eigenvalue weighted by atomic mass is 32.1. The standard InChI is InChI=1S/C13H14N2S.C2H6/c1-6-12-13(15-11(4)16-12)10(3)9(2)7-8-14-5;1-2/h6-8H,1-3,5H2,4H3;1-2H3/b8-7-;. The van der Waals surface area contributed by atoms with Crippen molar-refractivity contribution >= 4 is 29.7 Å². The second kappa shape index (κ2) is 8.37. The Kier molecular flexibility index (Phi) is 7.56. The van der Waals surface area contributed by atoms with Gasteiger partial charge in [-0.1, -0.05) is 33.6 Å². The first-order valence-corrected chi connectivity index (χ1v) is 6.52. The summed E-state index contributed by atoms with van der Waals surface area (Å²) in [6.07, 6.45) is 5.13. The molecule has 0 unspecified atom stereocenters. The van der Waals surface area contributed by atoms with Crippen LogP contribution in [0.3, 0.4) is 0 Å². The number of hydrogen-bond acceptors (Lipinski definition) is 3. The summed E-state index contributed by atoms with van der Waals surface area (Å²) in [7, 11) is 0. The maximum absolute atomic E-state index is 4.42. The van der Waals surface area contributed by atoms with Gasteiger partial charge in [-0.15, -0.1) is 11.3 Å². The molecular formula is C15H20N2S. The van der Waals surface area contributed by atoms with Gasteiger partial charge in [0.25, 0.3) is 0 Å². The molecule has 0 aromatic carbocycles. The molecule has 2 nitrogen and oxygen atoms in total. The predicted molar refractivity (Wildman–Crippen MR) is 85.2 cm³/mol. The van der Waals surface area contributed by atoms with E-state index in [4.69, 9.17) is 0 Å². The van der Waals surface area contributed by atoms with Gasteiger partial charge in [0.2, 0.25) is 0 Å². The van der Waals surface area contributed by atoms with Crippen LogP contribution in [0.2, 0.25) is 0 Å². The Balaban J connectivity index is 0.00000137. The smallest absolute Gasteiger partial charge is 0.0908 e. The van der Waals surface area contributed by atoms with Gasteiger partial charge in [-0.2, -0.15) is 0 Å². The summed E-state index contributed by atoms with van der Waals surface area (Å²) in [4.78, 5) is 9.06. The Morgan fingerprint density at radius 1 is 1.33 bits per heavy atom. The molecule has 0 amide bonds. The van der Waals surface area contributed by atoms with Crippen molar-refractivity contribution in [1.82, 2.24) is 4.98 Å². The van der Waals surface area contributed by atoms with E-state index >= 15 is 0 Å². The number of rotatable bonds is 5. The molecule has 1 heterocycles. The molecule has 1 rings (SSSR count). The molecule has 3 heteroatoms. The normalized spacial score (nSPS) is 9.50. The van der Waals surface area contributed by atoms with Crippen LogP contribution in [-0.2, 0) is 0 Å². The van der Waals surface area contributed by atoms with E-state index in [1.54, 1.807) is 29.7 Å². The maximum atomic E-state index is 4.42. The summed E-state index contributed by atoms with van der Waals surface area (Å²) < 4.78 is 0. The van der Waals surface area contributed by atoms with Crippen molar-refractivity contribution in [3.8, 4) is 0 Å². The average Bonchev–Trinajstić information content (AvgIpc) is 2.78. The summed E-state index contributed by atoms with van der Waals surface area (Å²) in [6, 6.07) is 0. The van der Waals surface area contributed by atoms with Crippen molar-refractivity contribution < 1.29 is 0 Å². The van der Waals surface area contributed by atoms with Gasteiger partial charge in [0.1, 0.15) is 0 Å². The van der Waals surface area contributed by atoms with Crippen molar-refractivity contribution in [2.75, 3.05) is 0 Å². The summed E-state index contributed by atoms with van der Waals surface area (Å²) in [6.45, 7) is 21.0. The van der Waals surface area contributed by atoms with Crippen LogP contribution in [0.4, 0.5) is 0 Å². The molecule has 0 saturated carbocycles. The zero-order chi connectivity index (χ0) is 14.1. The fourth-order valence-electron chi connectivity index (χ4n) is 1.19. The van der Waals surface area contributed by atoms with Crippen LogP contribution < -0.4 is 0 Å². The number of allylic oxidation sites excluding steroid dienone is 3. The van der Waals surface area contributed by atoms with E-state index in [-0.39, 0.29) is 0 Å². The maximum Gasteiger partial charge on any atom is 0.0908 e. The molecular weight excluding hydrogens is 240 g/mol. The fraction of sp³-hybridized carbons (Fsp3) is 0.200. The van der Waals surface area contributed by atoms with Crippen LogP contribution in [0.25, 0.3) is 11.6 Å². The van der Waals surface area contributed by atoms with Gasteiger partial charge in [-0.3, -0.25) is 4.99 Å². The second-order valence-electron chi connectivity index (χ2n) is 3.15. The molecule has 0 spiro atoms. The third-order valence-electron chi connectivity index (χ3n) is 2.00. The lowest BCUT2D eigenvalue weighted by Gasteiger charge is -2.02. The van der Waals surface area contributed by atoms with Crippen molar-refractivity contribution in [3.63, 3.8) is 0 Å². The first-order chi connectivity index (χ1) is 8.60. The topological polar surface area (TPSA) is 25.2 Å². The number of thiazole rings is 1. The van der Waals surface area contributed by atoms with E-state index in [0.29, 0.717) is 0 Å². The van der Waals surface area contributed by atoms with E-state index < -0.39 is 0 Å². The number of aromatic nitrogens is 1. The van der Waals surface area contributed by atoms with Gasteiger partial charge in [0.15, 0.2) is 0 Å². The Bertz CT molecular complexity index is 479. The number of aryl methyl sites for hydroxylation is 1. The molecule has 1 aromatic rings.